The quantitative estimate of drug-likeness (QED) is 0.200. The van der Waals surface area contributed by atoms with Gasteiger partial charge in [0.1, 0.15) is 5.75 Å². The van der Waals surface area contributed by atoms with Crippen LogP contribution < -0.4 is 14.2 Å². The maximum absolute atomic E-state index is 12.1. The number of carbonyl (C=O) groups is 1. The average Bonchev–Trinajstić information content (AvgIpc) is 2.78. The van der Waals surface area contributed by atoms with E-state index in [2.05, 4.69) is 22.0 Å². The van der Waals surface area contributed by atoms with E-state index in [0.717, 1.165) is 15.6 Å². The molecular weight excluding hydrogens is 446 g/mol. The van der Waals surface area contributed by atoms with E-state index in [1.54, 1.807) is 36.4 Å². The van der Waals surface area contributed by atoms with Crippen LogP contribution in [0.4, 0.5) is 0 Å². The van der Waals surface area contributed by atoms with Gasteiger partial charge in [-0.05, 0) is 53.6 Å². The van der Waals surface area contributed by atoms with E-state index in [0.29, 0.717) is 17.1 Å². The molecule has 3 aromatic rings. The van der Waals surface area contributed by atoms with Crippen LogP contribution in [0.5, 0.6) is 17.2 Å². The van der Waals surface area contributed by atoms with Crippen LogP contribution >= 0.6 is 15.9 Å². The number of ether oxygens (including phenoxy) is 3. The van der Waals surface area contributed by atoms with Gasteiger partial charge < -0.3 is 14.2 Å². The SMILES string of the molecule is COc1cc(/C=C(\C#N)c2ccccc2)ccc1OC(=O)COc1ccc(Br)cc1. The number of benzene rings is 3. The van der Waals surface area contributed by atoms with Crippen molar-refractivity contribution in [1.29, 1.82) is 5.26 Å². The lowest BCUT2D eigenvalue weighted by Crippen LogP contribution is -2.18. The fourth-order valence-electron chi connectivity index (χ4n) is 2.65. The third kappa shape index (κ3) is 5.72. The highest BCUT2D eigenvalue weighted by Gasteiger charge is 2.12. The van der Waals surface area contributed by atoms with E-state index in [9.17, 15) is 10.1 Å². The van der Waals surface area contributed by atoms with E-state index in [4.69, 9.17) is 14.2 Å². The Bertz CT molecular complexity index is 1090. The Balaban J connectivity index is 1.70. The summed E-state index contributed by atoms with van der Waals surface area (Å²) in [6.07, 6.45) is 1.75. The van der Waals surface area contributed by atoms with E-state index in [1.165, 1.54) is 7.11 Å². The Morgan fingerprint density at radius 2 is 1.77 bits per heavy atom. The summed E-state index contributed by atoms with van der Waals surface area (Å²) in [5, 5.41) is 9.47. The van der Waals surface area contributed by atoms with Gasteiger partial charge in [0.25, 0.3) is 0 Å². The lowest BCUT2D eigenvalue weighted by molar-refractivity contribution is -0.136. The van der Waals surface area contributed by atoms with E-state index >= 15 is 0 Å². The van der Waals surface area contributed by atoms with Crippen molar-refractivity contribution in [3.8, 4) is 23.3 Å². The van der Waals surface area contributed by atoms with Crippen LogP contribution in [-0.2, 0) is 4.79 Å². The number of nitrogens with zero attached hydrogens (tertiary/aromatic N) is 1. The molecule has 0 radical (unpaired) electrons. The van der Waals surface area contributed by atoms with Crippen molar-refractivity contribution < 1.29 is 19.0 Å². The molecule has 0 aliphatic carbocycles. The smallest absolute Gasteiger partial charge is 0.349 e. The van der Waals surface area contributed by atoms with Crippen molar-refractivity contribution >= 4 is 33.5 Å². The number of hydrogen-bond acceptors (Lipinski definition) is 5. The predicted molar refractivity (Wildman–Crippen MR) is 118 cm³/mol. The molecule has 0 spiro atoms. The second-order valence-electron chi connectivity index (χ2n) is 6.16. The molecule has 3 aromatic carbocycles. The fraction of sp³-hybridized carbons (Fsp3) is 0.0833. The first-order chi connectivity index (χ1) is 14.6. The van der Waals surface area contributed by atoms with Crippen molar-refractivity contribution in [2.75, 3.05) is 13.7 Å². The molecule has 0 bridgehead atoms. The van der Waals surface area contributed by atoms with E-state index < -0.39 is 5.97 Å². The normalized spacial score (nSPS) is 10.8. The second-order valence-corrected chi connectivity index (χ2v) is 7.08. The van der Waals surface area contributed by atoms with Crippen molar-refractivity contribution in [1.82, 2.24) is 0 Å². The van der Waals surface area contributed by atoms with Gasteiger partial charge in [0.2, 0.25) is 0 Å². The maximum atomic E-state index is 12.1. The van der Waals surface area contributed by atoms with E-state index in [1.807, 2.05) is 42.5 Å². The molecule has 0 aliphatic rings. The molecule has 5 nitrogen and oxygen atoms in total. The maximum Gasteiger partial charge on any atom is 0.349 e. The lowest BCUT2D eigenvalue weighted by Gasteiger charge is -2.11. The van der Waals surface area contributed by atoms with E-state index in [-0.39, 0.29) is 12.4 Å². The summed E-state index contributed by atoms with van der Waals surface area (Å²) in [6.45, 7) is -0.237. The Labute approximate surface area is 183 Å². The zero-order chi connectivity index (χ0) is 21.3. The topological polar surface area (TPSA) is 68.5 Å². The third-order valence-electron chi connectivity index (χ3n) is 4.10. The first-order valence-electron chi connectivity index (χ1n) is 9.03. The Hall–Kier alpha value is -3.56. The summed E-state index contributed by atoms with van der Waals surface area (Å²) in [6, 6.07) is 23.8. The Morgan fingerprint density at radius 3 is 2.43 bits per heavy atom. The standard InChI is InChI=1S/C24H18BrNO4/c1-28-23-14-17(13-19(15-26)18-5-3-2-4-6-18)7-12-22(23)30-24(27)16-29-21-10-8-20(25)9-11-21/h2-14H,16H2,1H3/b19-13+. The van der Waals surface area contributed by atoms with Crippen molar-refractivity contribution in [3.05, 3.63) is 88.4 Å². The summed E-state index contributed by atoms with van der Waals surface area (Å²) in [5.41, 5.74) is 2.09. The van der Waals surface area contributed by atoms with Crippen molar-refractivity contribution in [2.45, 2.75) is 0 Å². The molecule has 150 valence electrons. The highest BCUT2D eigenvalue weighted by molar-refractivity contribution is 9.10. The Kier molecular flexibility index (Phi) is 7.25. The summed E-state index contributed by atoms with van der Waals surface area (Å²) in [5.74, 6) is 0.664. The van der Waals surface area contributed by atoms with Gasteiger partial charge in [0.05, 0.1) is 18.8 Å². The average molecular weight is 464 g/mol. The minimum atomic E-state index is -0.554. The van der Waals surface area contributed by atoms with Crippen molar-refractivity contribution in [3.63, 3.8) is 0 Å². The first kappa shape index (κ1) is 21.2. The van der Waals surface area contributed by atoms with Gasteiger partial charge in [-0.25, -0.2) is 4.79 Å². The van der Waals surface area contributed by atoms with Crippen LogP contribution in [-0.4, -0.2) is 19.7 Å². The number of nitriles is 1. The molecular formula is C24H18BrNO4. The van der Waals surface area contributed by atoms with Crippen LogP contribution in [0.2, 0.25) is 0 Å². The van der Waals surface area contributed by atoms with Gasteiger partial charge in [-0.1, -0.05) is 52.3 Å². The Morgan fingerprint density at radius 1 is 1.03 bits per heavy atom. The molecule has 0 fully saturated rings. The molecule has 6 heteroatoms. The van der Waals surface area contributed by atoms with Crippen LogP contribution in [0.3, 0.4) is 0 Å². The molecule has 0 saturated heterocycles. The minimum absolute atomic E-state index is 0.237. The summed E-state index contributed by atoms with van der Waals surface area (Å²) in [7, 11) is 1.49. The lowest BCUT2D eigenvalue weighted by atomic mass is 10.0. The predicted octanol–water partition coefficient (Wildman–Crippen LogP) is 5.51. The molecule has 0 aliphatic heterocycles. The van der Waals surface area contributed by atoms with Gasteiger partial charge >= 0.3 is 5.97 Å². The first-order valence-corrected chi connectivity index (χ1v) is 9.82. The molecule has 0 saturated carbocycles. The van der Waals surface area contributed by atoms with Crippen LogP contribution in [0, 0.1) is 11.3 Å². The zero-order valence-electron chi connectivity index (χ0n) is 16.2. The van der Waals surface area contributed by atoms with Gasteiger partial charge in [-0.3, -0.25) is 0 Å². The number of carbonyl (C=O) groups excluding carboxylic acids is 1. The molecule has 0 unspecified atom stereocenters. The zero-order valence-corrected chi connectivity index (χ0v) is 17.8. The van der Waals surface area contributed by atoms with Crippen LogP contribution in [0.15, 0.2) is 77.3 Å². The third-order valence-corrected chi connectivity index (χ3v) is 4.63. The van der Waals surface area contributed by atoms with Crippen molar-refractivity contribution in [2.24, 2.45) is 0 Å². The number of allylic oxidation sites excluding steroid dienone is 1. The fourth-order valence-corrected chi connectivity index (χ4v) is 2.91. The number of hydrogen-bond donors (Lipinski definition) is 0. The van der Waals surface area contributed by atoms with Gasteiger partial charge in [0.15, 0.2) is 18.1 Å². The van der Waals surface area contributed by atoms with Crippen LogP contribution in [0.25, 0.3) is 11.6 Å². The molecule has 30 heavy (non-hydrogen) atoms. The molecule has 0 atom stereocenters. The monoisotopic (exact) mass is 463 g/mol. The highest BCUT2D eigenvalue weighted by atomic mass is 79.9. The molecule has 0 N–H and O–H groups in total. The largest absolute Gasteiger partial charge is 0.493 e. The second kappa shape index (κ2) is 10.3. The number of rotatable bonds is 7. The number of methoxy groups -OCH3 is 1. The molecule has 0 aromatic heterocycles. The minimum Gasteiger partial charge on any atom is -0.493 e. The molecule has 3 rings (SSSR count). The van der Waals surface area contributed by atoms with Gasteiger partial charge in [0, 0.05) is 4.47 Å². The number of esters is 1. The number of halogens is 1. The molecule has 0 amide bonds. The summed E-state index contributed by atoms with van der Waals surface area (Å²) in [4.78, 5) is 12.1. The molecule has 0 heterocycles. The van der Waals surface area contributed by atoms with Gasteiger partial charge in [-0.15, -0.1) is 0 Å². The summed E-state index contributed by atoms with van der Waals surface area (Å²) < 4.78 is 17.1. The van der Waals surface area contributed by atoms with Crippen LogP contribution in [0.1, 0.15) is 11.1 Å². The van der Waals surface area contributed by atoms with Gasteiger partial charge in [-0.2, -0.15) is 5.26 Å². The highest BCUT2D eigenvalue weighted by Crippen LogP contribution is 2.30. The summed E-state index contributed by atoms with van der Waals surface area (Å²) >= 11 is 3.34.